The van der Waals surface area contributed by atoms with Gasteiger partial charge in [-0.2, -0.15) is 0 Å². The highest BCUT2D eigenvalue weighted by molar-refractivity contribution is 5.95. The van der Waals surface area contributed by atoms with Crippen LogP contribution in [0.4, 0.5) is 4.39 Å². The largest absolute Gasteiger partial charge is 0.273 e. The lowest BCUT2D eigenvalue weighted by atomic mass is 9.84. The summed E-state index contributed by atoms with van der Waals surface area (Å²) in [5.74, 6) is -0.881. The molecule has 0 aromatic heterocycles. The van der Waals surface area contributed by atoms with E-state index in [1.54, 1.807) is 0 Å². The second-order valence-corrected chi connectivity index (χ2v) is 6.58. The first-order chi connectivity index (χ1) is 9.67. The van der Waals surface area contributed by atoms with Crippen molar-refractivity contribution in [2.75, 3.05) is 0 Å². The fourth-order valence-corrected chi connectivity index (χ4v) is 2.28. The number of hydrogen-bond acceptors (Lipinski definition) is 2. The van der Waals surface area contributed by atoms with Gasteiger partial charge in [-0.25, -0.2) is 4.39 Å². The van der Waals surface area contributed by atoms with Gasteiger partial charge in [0.2, 0.25) is 5.91 Å². The fraction of sp³-hybridized carbons (Fsp3) is 0.500. The Kier molecular flexibility index (Phi) is 5.88. The van der Waals surface area contributed by atoms with E-state index in [0.29, 0.717) is 12.0 Å². The summed E-state index contributed by atoms with van der Waals surface area (Å²) in [6.45, 7) is 8.37. The summed E-state index contributed by atoms with van der Waals surface area (Å²) in [6.07, 6.45) is 1.27. The number of carbonyl (C=O) groups excluding carboxylic acids is 2. The molecule has 1 rings (SSSR count). The molecule has 0 radical (unpaired) electrons. The Morgan fingerprint density at radius 1 is 1.14 bits per heavy atom. The van der Waals surface area contributed by atoms with Crippen LogP contribution in [0.3, 0.4) is 0 Å². The van der Waals surface area contributed by atoms with E-state index >= 15 is 0 Å². The third kappa shape index (κ3) is 6.88. The molecule has 0 aliphatic rings. The minimum atomic E-state index is -0.466. The molecule has 1 unspecified atom stereocenters. The van der Waals surface area contributed by atoms with Crippen LogP contribution in [0, 0.1) is 17.2 Å². The van der Waals surface area contributed by atoms with E-state index < -0.39 is 11.7 Å². The van der Waals surface area contributed by atoms with E-state index in [2.05, 4.69) is 31.6 Å². The molecule has 116 valence electrons. The number of carbonyl (C=O) groups is 2. The minimum Gasteiger partial charge on any atom is -0.273 e. The maximum Gasteiger partial charge on any atom is 0.269 e. The first-order valence-corrected chi connectivity index (χ1v) is 7.02. The Hall–Kier alpha value is -1.91. The van der Waals surface area contributed by atoms with Crippen LogP contribution in [-0.4, -0.2) is 11.8 Å². The Morgan fingerprint density at radius 2 is 1.71 bits per heavy atom. The molecule has 1 aromatic rings. The monoisotopic (exact) mass is 294 g/mol. The van der Waals surface area contributed by atoms with Crippen molar-refractivity contribution in [3.63, 3.8) is 0 Å². The Morgan fingerprint density at radius 3 is 2.24 bits per heavy atom. The van der Waals surface area contributed by atoms with Crippen molar-refractivity contribution in [3.8, 4) is 0 Å². The highest BCUT2D eigenvalue weighted by Crippen LogP contribution is 2.25. The first-order valence-electron chi connectivity index (χ1n) is 7.02. The number of rotatable bonds is 4. The van der Waals surface area contributed by atoms with Crippen LogP contribution in [0.2, 0.25) is 0 Å². The third-order valence-corrected chi connectivity index (χ3v) is 2.92. The van der Waals surface area contributed by atoms with Crippen LogP contribution in [-0.2, 0) is 4.79 Å². The summed E-state index contributed by atoms with van der Waals surface area (Å²) in [4.78, 5) is 23.5. The summed E-state index contributed by atoms with van der Waals surface area (Å²) in [6, 6.07) is 5.11. The zero-order chi connectivity index (χ0) is 16.0. The topological polar surface area (TPSA) is 58.2 Å². The second-order valence-electron chi connectivity index (χ2n) is 6.58. The molecular weight excluding hydrogens is 271 g/mol. The van der Waals surface area contributed by atoms with Crippen LogP contribution >= 0.6 is 0 Å². The highest BCUT2D eigenvalue weighted by Gasteiger charge is 2.18. The maximum atomic E-state index is 12.7. The van der Waals surface area contributed by atoms with Gasteiger partial charge >= 0.3 is 0 Å². The van der Waals surface area contributed by atoms with Crippen LogP contribution in [0.5, 0.6) is 0 Å². The van der Waals surface area contributed by atoms with Gasteiger partial charge in [0.15, 0.2) is 0 Å². The van der Waals surface area contributed by atoms with Crippen molar-refractivity contribution < 1.29 is 14.0 Å². The van der Waals surface area contributed by atoms with Gasteiger partial charge in [-0.3, -0.25) is 20.4 Å². The second kappa shape index (κ2) is 7.20. The van der Waals surface area contributed by atoms with Crippen molar-refractivity contribution >= 4 is 11.8 Å². The van der Waals surface area contributed by atoms with Gasteiger partial charge in [0.25, 0.3) is 5.91 Å². The normalized spacial score (nSPS) is 12.6. The Bertz CT molecular complexity index is 492. The van der Waals surface area contributed by atoms with Crippen LogP contribution in [0.1, 0.15) is 50.9 Å². The molecule has 2 amide bonds. The average Bonchev–Trinajstić information content (AvgIpc) is 2.34. The molecule has 21 heavy (non-hydrogen) atoms. The lowest BCUT2D eigenvalue weighted by Gasteiger charge is -2.22. The highest BCUT2D eigenvalue weighted by atomic mass is 19.1. The molecule has 0 aliphatic carbocycles. The average molecular weight is 294 g/mol. The lowest BCUT2D eigenvalue weighted by Crippen LogP contribution is -2.42. The van der Waals surface area contributed by atoms with Gasteiger partial charge in [-0.05, 0) is 42.0 Å². The summed E-state index contributed by atoms with van der Waals surface area (Å²) in [5, 5.41) is 0. The van der Waals surface area contributed by atoms with E-state index in [4.69, 9.17) is 0 Å². The number of amides is 2. The molecule has 5 heteroatoms. The van der Waals surface area contributed by atoms with Crippen molar-refractivity contribution in [1.82, 2.24) is 10.9 Å². The molecule has 0 fully saturated rings. The Labute approximate surface area is 125 Å². The SMILES string of the molecule is CC(CC(=O)NNC(=O)c1ccc(F)cc1)CC(C)(C)C. The van der Waals surface area contributed by atoms with Gasteiger partial charge in [-0.15, -0.1) is 0 Å². The van der Waals surface area contributed by atoms with E-state index in [-0.39, 0.29) is 17.2 Å². The molecule has 0 saturated carbocycles. The molecule has 1 aromatic carbocycles. The lowest BCUT2D eigenvalue weighted by molar-refractivity contribution is -0.122. The van der Waals surface area contributed by atoms with Gasteiger partial charge in [0.05, 0.1) is 0 Å². The first kappa shape index (κ1) is 17.1. The van der Waals surface area contributed by atoms with Crippen molar-refractivity contribution in [2.24, 2.45) is 11.3 Å². The van der Waals surface area contributed by atoms with Crippen molar-refractivity contribution in [3.05, 3.63) is 35.6 Å². The summed E-state index contributed by atoms with van der Waals surface area (Å²) < 4.78 is 12.7. The number of hydrazine groups is 1. The molecule has 0 bridgehead atoms. The molecule has 1 atom stereocenters. The molecule has 0 heterocycles. The quantitative estimate of drug-likeness (QED) is 0.839. The predicted octanol–water partition coefficient (Wildman–Crippen LogP) is 3.05. The van der Waals surface area contributed by atoms with Crippen LogP contribution < -0.4 is 10.9 Å². The van der Waals surface area contributed by atoms with Gasteiger partial charge in [0.1, 0.15) is 5.82 Å². The fourth-order valence-electron chi connectivity index (χ4n) is 2.28. The molecule has 0 saturated heterocycles. The van der Waals surface area contributed by atoms with E-state index in [1.165, 1.54) is 24.3 Å². The standard InChI is InChI=1S/C16H23FN2O2/c1-11(10-16(2,3)4)9-14(20)18-19-15(21)12-5-7-13(17)8-6-12/h5-8,11H,9-10H2,1-4H3,(H,18,20)(H,19,21). The Balaban J connectivity index is 2.39. The van der Waals surface area contributed by atoms with Crippen LogP contribution in [0.15, 0.2) is 24.3 Å². The summed E-state index contributed by atoms with van der Waals surface area (Å²) in [7, 11) is 0. The summed E-state index contributed by atoms with van der Waals surface area (Å²) >= 11 is 0. The molecule has 4 nitrogen and oxygen atoms in total. The third-order valence-electron chi connectivity index (χ3n) is 2.92. The molecular formula is C16H23FN2O2. The zero-order valence-corrected chi connectivity index (χ0v) is 13.0. The molecule has 2 N–H and O–H groups in total. The van der Waals surface area contributed by atoms with E-state index in [9.17, 15) is 14.0 Å². The predicted molar refractivity (Wildman–Crippen MR) is 79.9 cm³/mol. The number of halogens is 1. The van der Waals surface area contributed by atoms with Gasteiger partial charge in [0, 0.05) is 12.0 Å². The number of hydrogen-bond donors (Lipinski definition) is 2. The zero-order valence-electron chi connectivity index (χ0n) is 13.0. The van der Waals surface area contributed by atoms with Gasteiger partial charge in [-0.1, -0.05) is 27.7 Å². The summed E-state index contributed by atoms with van der Waals surface area (Å²) in [5.41, 5.74) is 5.16. The van der Waals surface area contributed by atoms with E-state index in [0.717, 1.165) is 6.42 Å². The molecule has 0 spiro atoms. The smallest absolute Gasteiger partial charge is 0.269 e. The minimum absolute atomic E-state index is 0.164. The number of nitrogens with one attached hydrogen (secondary N) is 2. The van der Waals surface area contributed by atoms with Crippen molar-refractivity contribution in [2.45, 2.75) is 40.5 Å². The maximum absolute atomic E-state index is 12.7. The van der Waals surface area contributed by atoms with E-state index in [1.807, 2.05) is 6.92 Å². The van der Waals surface area contributed by atoms with Crippen LogP contribution in [0.25, 0.3) is 0 Å². The van der Waals surface area contributed by atoms with Gasteiger partial charge < -0.3 is 0 Å². The van der Waals surface area contributed by atoms with Crippen molar-refractivity contribution in [1.29, 1.82) is 0 Å². The molecule has 0 aliphatic heterocycles. The number of benzene rings is 1.